The molecule has 0 saturated heterocycles. The number of aryl methyl sites for hydroxylation is 3. The maximum absolute atomic E-state index is 14.0. The van der Waals surface area contributed by atoms with Crippen molar-refractivity contribution in [2.24, 2.45) is 0 Å². The zero-order valence-electron chi connectivity index (χ0n) is 24.1. The molecular weight excluding hydrogens is 506 g/mol. The van der Waals surface area contributed by atoms with Crippen LogP contribution in [-0.2, 0) is 13.1 Å². The smallest absolute Gasteiger partial charge is 0.332 e. The van der Waals surface area contributed by atoms with Crippen molar-refractivity contribution >= 4 is 16.8 Å². The third-order valence-corrected chi connectivity index (χ3v) is 7.26. The second-order valence-corrected chi connectivity index (χ2v) is 10.2. The summed E-state index contributed by atoms with van der Waals surface area (Å²) in [6.07, 6.45) is 1.91. The van der Waals surface area contributed by atoms with Crippen molar-refractivity contribution in [2.75, 3.05) is 20.8 Å². The van der Waals surface area contributed by atoms with Crippen molar-refractivity contribution in [1.82, 2.24) is 14.5 Å². The Morgan fingerprint density at radius 2 is 1.48 bits per heavy atom. The Hall–Kier alpha value is -4.33. The van der Waals surface area contributed by atoms with Crippen molar-refractivity contribution in [1.29, 1.82) is 0 Å². The summed E-state index contributed by atoms with van der Waals surface area (Å²) in [4.78, 5) is 40.1. The first-order valence-electron chi connectivity index (χ1n) is 13.5. The first kappa shape index (κ1) is 28.7. The van der Waals surface area contributed by atoms with Crippen LogP contribution in [0.5, 0.6) is 11.5 Å². The standard InChI is InChI=1S/C32H37N3O5/c1-7-8-13-33-30(36)24-11-9-23(10-12-24)18-35-31(37)25-16-28(39-5)29(40-6)17-27(25)34(32(35)38)19-26-21(3)14-20(2)15-22(26)4/h9-12,14-17H,7-8,13,18-19H2,1-6H3,(H,33,36). The summed E-state index contributed by atoms with van der Waals surface area (Å²) in [6, 6.07) is 14.5. The van der Waals surface area contributed by atoms with Crippen molar-refractivity contribution < 1.29 is 14.3 Å². The molecule has 4 rings (SSSR count). The van der Waals surface area contributed by atoms with Gasteiger partial charge in [0.05, 0.1) is 38.2 Å². The van der Waals surface area contributed by atoms with Crippen molar-refractivity contribution in [3.05, 3.63) is 103 Å². The summed E-state index contributed by atoms with van der Waals surface area (Å²) >= 11 is 0. The van der Waals surface area contributed by atoms with Crippen molar-refractivity contribution in [3.63, 3.8) is 0 Å². The van der Waals surface area contributed by atoms with E-state index in [2.05, 4.69) is 24.4 Å². The largest absolute Gasteiger partial charge is 0.493 e. The number of amides is 1. The van der Waals surface area contributed by atoms with Gasteiger partial charge in [0.15, 0.2) is 11.5 Å². The average molecular weight is 544 g/mol. The molecule has 0 radical (unpaired) electrons. The molecule has 40 heavy (non-hydrogen) atoms. The number of carbonyl (C=O) groups excluding carboxylic acids is 1. The van der Waals surface area contributed by atoms with E-state index in [0.29, 0.717) is 41.1 Å². The molecule has 4 aromatic rings. The van der Waals surface area contributed by atoms with Crippen LogP contribution in [0.15, 0.2) is 58.1 Å². The van der Waals surface area contributed by atoms with Gasteiger partial charge in [0.2, 0.25) is 0 Å². The Labute approximate surface area is 234 Å². The first-order chi connectivity index (χ1) is 19.2. The monoisotopic (exact) mass is 543 g/mol. The van der Waals surface area contributed by atoms with Crippen LogP contribution >= 0.6 is 0 Å². The number of fused-ring (bicyclic) bond motifs is 1. The summed E-state index contributed by atoms with van der Waals surface area (Å²) in [7, 11) is 3.03. The molecule has 1 heterocycles. The zero-order chi connectivity index (χ0) is 29.0. The zero-order valence-corrected chi connectivity index (χ0v) is 24.1. The third-order valence-electron chi connectivity index (χ3n) is 7.26. The van der Waals surface area contributed by atoms with Crippen LogP contribution in [0.2, 0.25) is 0 Å². The predicted octanol–water partition coefficient (Wildman–Crippen LogP) is 4.73. The Bertz CT molecular complexity index is 1640. The molecule has 0 unspecified atom stereocenters. The molecule has 0 bridgehead atoms. The Morgan fingerprint density at radius 1 is 0.850 bits per heavy atom. The molecule has 0 fully saturated rings. The lowest BCUT2D eigenvalue weighted by molar-refractivity contribution is 0.0953. The second-order valence-electron chi connectivity index (χ2n) is 10.2. The van der Waals surface area contributed by atoms with Gasteiger partial charge in [-0.15, -0.1) is 0 Å². The van der Waals surface area contributed by atoms with E-state index in [4.69, 9.17) is 9.47 Å². The topological polar surface area (TPSA) is 91.6 Å². The molecule has 8 nitrogen and oxygen atoms in total. The van der Waals surface area contributed by atoms with Gasteiger partial charge >= 0.3 is 5.69 Å². The van der Waals surface area contributed by atoms with Crippen LogP contribution in [0.3, 0.4) is 0 Å². The molecule has 8 heteroatoms. The van der Waals surface area contributed by atoms with Crippen LogP contribution in [0, 0.1) is 20.8 Å². The molecule has 1 N–H and O–H groups in total. The van der Waals surface area contributed by atoms with E-state index in [0.717, 1.165) is 40.7 Å². The van der Waals surface area contributed by atoms with Crippen LogP contribution in [0.4, 0.5) is 0 Å². The van der Waals surface area contributed by atoms with E-state index in [1.54, 1.807) is 41.0 Å². The van der Waals surface area contributed by atoms with Gasteiger partial charge in [-0.1, -0.05) is 43.2 Å². The maximum atomic E-state index is 14.0. The van der Waals surface area contributed by atoms with E-state index < -0.39 is 11.2 Å². The van der Waals surface area contributed by atoms with Crippen LogP contribution in [0.25, 0.3) is 10.9 Å². The number of rotatable bonds is 10. The molecule has 0 atom stereocenters. The van der Waals surface area contributed by atoms with Crippen LogP contribution in [-0.4, -0.2) is 35.8 Å². The lowest BCUT2D eigenvalue weighted by Gasteiger charge is -2.19. The number of carbonyl (C=O) groups is 1. The summed E-state index contributed by atoms with van der Waals surface area (Å²) in [5.41, 5.74) is 5.21. The molecule has 0 aliphatic rings. The molecule has 0 spiro atoms. The van der Waals surface area contributed by atoms with Gasteiger partial charge in [-0.25, -0.2) is 4.79 Å². The van der Waals surface area contributed by atoms with Gasteiger partial charge in [-0.3, -0.25) is 18.7 Å². The highest BCUT2D eigenvalue weighted by atomic mass is 16.5. The van der Waals surface area contributed by atoms with E-state index in [1.807, 2.05) is 20.8 Å². The Balaban J connectivity index is 1.83. The number of benzene rings is 3. The number of methoxy groups -OCH3 is 2. The number of ether oxygens (including phenoxy) is 2. The van der Waals surface area contributed by atoms with Gasteiger partial charge in [0.1, 0.15) is 0 Å². The third kappa shape index (κ3) is 5.81. The summed E-state index contributed by atoms with van der Waals surface area (Å²) in [6.45, 7) is 9.15. The van der Waals surface area contributed by atoms with E-state index in [1.165, 1.54) is 18.8 Å². The lowest BCUT2D eigenvalue weighted by Crippen LogP contribution is -2.40. The number of aromatic nitrogens is 2. The number of nitrogens with one attached hydrogen (secondary N) is 1. The number of unbranched alkanes of at least 4 members (excludes halogenated alkanes) is 1. The SMILES string of the molecule is CCCCNC(=O)c1ccc(Cn2c(=O)c3cc(OC)c(OC)cc3n(Cc3c(C)cc(C)cc3C)c2=O)cc1. The summed E-state index contributed by atoms with van der Waals surface area (Å²) < 4.78 is 13.8. The quantitative estimate of drug-likeness (QED) is 0.292. The normalized spacial score (nSPS) is 11.1. The van der Waals surface area contributed by atoms with E-state index in [-0.39, 0.29) is 12.5 Å². The molecule has 0 aliphatic heterocycles. The number of hydrogen-bond acceptors (Lipinski definition) is 5. The minimum atomic E-state index is -0.425. The minimum Gasteiger partial charge on any atom is -0.493 e. The van der Waals surface area contributed by atoms with Crippen LogP contribution < -0.4 is 26.0 Å². The Morgan fingerprint density at radius 3 is 2.08 bits per heavy atom. The number of hydrogen-bond donors (Lipinski definition) is 1. The van der Waals surface area contributed by atoms with Crippen molar-refractivity contribution in [3.8, 4) is 11.5 Å². The molecule has 3 aromatic carbocycles. The second kappa shape index (κ2) is 12.2. The van der Waals surface area contributed by atoms with Gasteiger partial charge in [-0.2, -0.15) is 0 Å². The van der Waals surface area contributed by atoms with Crippen LogP contribution in [0.1, 0.15) is 57.9 Å². The van der Waals surface area contributed by atoms with E-state index >= 15 is 0 Å². The highest BCUT2D eigenvalue weighted by Crippen LogP contribution is 2.31. The van der Waals surface area contributed by atoms with Crippen molar-refractivity contribution in [2.45, 2.75) is 53.6 Å². The molecule has 210 valence electrons. The molecular formula is C32H37N3O5. The van der Waals surface area contributed by atoms with Gasteiger partial charge < -0.3 is 14.8 Å². The predicted molar refractivity (Wildman–Crippen MR) is 158 cm³/mol. The molecule has 0 saturated carbocycles. The van der Waals surface area contributed by atoms with Gasteiger partial charge in [-0.05, 0) is 67.6 Å². The highest BCUT2D eigenvalue weighted by molar-refractivity contribution is 5.94. The molecule has 0 aliphatic carbocycles. The lowest BCUT2D eigenvalue weighted by atomic mass is 9.99. The minimum absolute atomic E-state index is 0.0611. The summed E-state index contributed by atoms with van der Waals surface area (Å²) in [5, 5.41) is 3.25. The highest BCUT2D eigenvalue weighted by Gasteiger charge is 2.19. The Kier molecular flexibility index (Phi) is 8.77. The maximum Gasteiger partial charge on any atom is 0.332 e. The number of nitrogens with zero attached hydrogens (tertiary/aromatic N) is 2. The average Bonchev–Trinajstić information content (AvgIpc) is 2.94. The first-order valence-corrected chi connectivity index (χ1v) is 13.5. The molecule has 1 aromatic heterocycles. The van der Waals surface area contributed by atoms with Gasteiger partial charge in [0.25, 0.3) is 11.5 Å². The fraction of sp³-hybridized carbons (Fsp3) is 0.344. The summed E-state index contributed by atoms with van der Waals surface area (Å²) in [5.74, 6) is 0.700. The van der Waals surface area contributed by atoms with Gasteiger partial charge in [0, 0.05) is 18.2 Å². The fourth-order valence-electron chi connectivity index (χ4n) is 5.08. The molecule has 1 amide bonds. The van der Waals surface area contributed by atoms with E-state index in [9.17, 15) is 14.4 Å². The fourth-order valence-corrected chi connectivity index (χ4v) is 5.08.